The van der Waals surface area contributed by atoms with Crippen molar-refractivity contribution in [3.8, 4) is 0 Å². The fourth-order valence-electron chi connectivity index (χ4n) is 2.26. The number of benzene rings is 1. The molecule has 1 aromatic rings. The van der Waals surface area contributed by atoms with Gasteiger partial charge in [-0.25, -0.2) is 4.39 Å². The summed E-state index contributed by atoms with van der Waals surface area (Å²) < 4.78 is 25.6. The van der Waals surface area contributed by atoms with Gasteiger partial charge < -0.3 is 14.8 Å². The van der Waals surface area contributed by atoms with Gasteiger partial charge in [0, 0.05) is 42.8 Å². The topological polar surface area (TPSA) is 30.5 Å². The van der Waals surface area contributed by atoms with Gasteiger partial charge in [0.05, 0.1) is 6.61 Å². The summed E-state index contributed by atoms with van der Waals surface area (Å²) >= 11 is 3.37. The molecule has 0 aromatic heterocycles. The molecule has 1 aromatic carbocycles. The zero-order valence-electron chi connectivity index (χ0n) is 11.2. The first-order valence-corrected chi connectivity index (χ1v) is 7.17. The Balaban J connectivity index is 2.00. The van der Waals surface area contributed by atoms with Crippen molar-refractivity contribution in [3.05, 3.63) is 34.1 Å². The standard InChI is InChI=1S/C14H19BrFNO2/c1-10(12-7-11(15)3-4-13(12)16)17-8-14(18-2)5-6-19-9-14/h3-4,7,10,17H,5-6,8-9H2,1-2H3. The molecule has 1 saturated heterocycles. The molecule has 2 atom stereocenters. The van der Waals surface area contributed by atoms with Crippen LogP contribution in [0.2, 0.25) is 0 Å². The summed E-state index contributed by atoms with van der Waals surface area (Å²) in [5, 5.41) is 3.33. The third kappa shape index (κ3) is 3.54. The third-order valence-electron chi connectivity index (χ3n) is 3.66. The molecule has 1 aliphatic rings. The highest BCUT2D eigenvalue weighted by Gasteiger charge is 2.35. The quantitative estimate of drug-likeness (QED) is 0.899. The lowest BCUT2D eigenvalue weighted by atomic mass is 10.0. The van der Waals surface area contributed by atoms with Gasteiger partial charge in [0.1, 0.15) is 11.4 Å². The molecule has 2 unspecified atom stereocenters. The van der Waals surface area contributed by atoms with E-state index in [1.54, 1.807) is 19.2 Å². The van der Waals surface area contributed by atoms with E-state index >= 15 is 0 Å². The molecule has 0 bridgehead atoms. The summed E-state index contributed by atoms with van der Waals surface area (Å²) in [6, 6.07) is 4.90. The highest BCUT2D eigenvalue weighted by atomic mass is 79.9. The van der Waals surface area contributed by atoms with E-state index in [2.05, 4.69) is 21.2 Å². The first kappa shape index (κ1) is 14.9. The smallest absolute Gasteiger partial charge is 0.128 e. The van der Waals surface area contributed by atoms with Crippen LogP contribution >= 0.6 is 15.9 Å². The zero-order chi connectivity index (χ0) is 13.9. The maximum Gasteiger partial charge on any atom is 0.128 e. The second-order valence-corrected chi connectivity index (χ2v) is 5.87. The summed E-state index contributed by atoms with van der Waals surface area (Å²) in [6.45, 7) is 3.90. The van der Waals surface area contributed by atoms with Crippen molar-refractivity contribution in [1.29, 1.82) is 0 Å². The number of nitrogens with one attached hydrogen (secondary N) is 1. The molecule has 5 heteroatoms. The normalized spacial score (nSPS) is 24.6. The van der Waals surface area contributed by atoms with Crippen LogP contribution in [0.25, 0.3) is 0 Å². The first-order chi connectivity index (χ1) is 9.06. The molecule has 0 radical (unpaired) electrons. The van der Waals surface area contributed by atoms with Crippen LogP contribution in [-0.2, 0) is 9.47 Å². The molecular formula is C14H19BrFNO2. The van der Waals surface area contributed by atoms with Crippen LogP contribution in [0.15, 0.2) is 22.7 Å². The van der Waals surface area contributed by atoms with Crippen molar-refractivity contribution in [2.75, 3.05) is 26.9 Å². The molecule has 1 N–H and O–H groups in total. The van der Waals surface area contributed by atoms with Gasteiger partial charge in [0.15, 0.2) is 0 Å². The Morgan fingerprint density at radius 1 is 1.58 bits per heavy atom. The summed E-state index contributed by atoms with van der Waals surface area (Å²) in [6.07, 6.45) is 0.865. The summed E-state index contributed by atoms with van der Waals surface area (Å²) in [4.78, 5) is 0. The maximum absolute atomic E-state index is 13.8. The Morgan fingerprint density at radius 3 is 3.00 bits per heavy atom. The molecule has 0 saturated carbocycles. The Bertz CT molecular complexity index is 435. The fourth-order valence-corrected chi connectivity index (χ4v) is 2.64. The van der Waals surface area contributed by atoms with Gasteiger partial charge in [0.25, 0.3) is 0 Å². The molecule has 1 fully saturated rings. The fraction of sp³-hybridized carbons (Fsp3) is 0.571. The van der Waals surface area contributed by atoms with Gasteiger partial charge in [-0.05, 0) is 25.1 Å². The second-order valence-electron chi connectivity index (χ2n) is 4.96. The number of hydrogen-bond acceptors (Lipinski definition) is 3. The Labute approximate surface area is 121 Å². The Hall–Kier alpha value is -0.490. The Kier molecular flexibility index (Phi) is 4.95. The molecular weight excluding hydrogens is 313 g/mol. The Morgan fingerprint density at radius 2 is 2.37 bits per heavy atom. The molecule has 19 heavy (non-hydrogen) atoms. The number of hydrogen-bond donors (Lipinski definition) is 1. The van der Waals surface area contributed by atoms with E-state index in [0.717, 1.165) is 17.5 Å². The van der Waals surface area contributed by atoms with Gasteiger partial charge in [0.2, 0.25) is 0 Å². The monoisotopic (exact) mass is 331 g/mol. The lowest BCUT2D eigenvalue weighted by molar-refractivity contribution is -0.0172. The van der Waals surface area contributed by atoms with Crippen LogP contribution in [0.5, 0.6) is 0 Å². The van der Waals surface area contributed by atoms with Crippen LogP contribution in [0.1, 0.15) is 24.9 Å². The van der Waals surface area contributed by atoms with Crippen LogP contribution in [-0.4, -0.2) is 32.5 Å². The average Bonchev–Trinajstić information content (AvgIpc) is 2.88. The highest BCUT2D eigenvalue weighted by molar-refractivity contribution is 9.10. The maximum atomic E-state index is 13.8. The van der Waals surface area contributed by atoms with Crippen molar-refractivity contribution < 1.29 is 13.9 Å². The molecule has 1 aliphatic heterocycles. The number of methoxy groups -OCH3 is 1. The van der Waals surface area contributed by atoms with Gasteiger partial charge in [-0.15, -0.1) is 0 Å². The van der Waals surface area contributed by atoms with Crippen LogP contribution in [0.4, 0.5) is 4.39 Å². The lowest BCUT2D eigenvalue weighted by Crippen LogP contribution is -2.43. The largest absolute Gasteiger partial charge is 0.378 e. The van der Waals surface area contributed by atoms with E-state index < -0.39 is 0 Å². The van der Waals surface area contributed by atoms with E-state index in [4.69, 9.17) is 9.47 Å². The average molecular weight is 332 g/mol. The number of rotatable bonds is 5. The summed E-state index contributed by atoms with van der Waals surface area (Å²) in [5.74, 6) is -0.197. The zero-order valence-corrected chi connectivity index (χ0v) is 12.8. The van der Waals surface area contributed by atoms with E-state index in [1.165, 1.54) is 6.07 Å². The van der Waals surface area contributed by atoms with Crippen molar-refractivity contribution in [2.24, 2.45) is 0 Å². The molecule has 0 aliphatic carbocycles. The van der Waals surface area contributed by atoms with Crippen LogP contribution < -0.4 is 5.32 Å². The highest BCUT2D eigenvalue weighted by Crippen LogP contribution is 2.25. The molecule has 1 heterocycles. The summed E-state index contributed by atoms with van der Waals surface area (Å²) in [7, 11) is 1.70. The molecule has 0 spiro atoms. The van der Waals surface area contributed by atoms with E-state index in [1.807, 2.05) is 6.92 Å². The van der Waals surface area contributed by atoms with Gasteiger partial charge in [-0.3, -0.25) is 0 Å². The minimum atomic E-state index is -0.281. The van der Waals surface area contributed by atoms with E-state index in [0.29, 0.717) is 18.7 Å². The van der Waals surface area contributed by atoms with Crippen LogP contribution in [0.3, 0.4) is 0 Å². The van der Waals surface area contributed by atoms with Crippen molar-refractivity contribution >= 4 is 15.9 Å². The SMILES string of the molecule is COC1(CNC(C)c2cc(Br)ccc2F)CCOC1. The van der Waals surface area contributed by atoms with Gasteiger partial charge in [-0.2, -0.15) is 0 Å². The minimum absolute atomic E-state index is 0.0786. The van der Waals surface area contributed by atoms with Crippen molar-refractivity contribution in [3.63, 3.8) is 0 Å². The van der Waals surface area contributed by atoms with E-state index in [-0.39, 0.29) is 17.5 Å². The van der Waals surface area contributed by atoms with Crippen molar-refractivity contribution in [1.82, 2.24) is 5.32 Å². The molecule has 3 nitrogen and oxygen atoms in total. The van der Waals surface area contributed by atoms with E-state index in [9.17, 15) is 4.39 Å². The van der Waals surface area contributed by atoms with Crippen molar-refractivity contribution in [2.45, 2.75) is 25.0 Å². The lowest BCUT2D eigenvalue weighted by Gasteiger charge is -2.28. The van der Waals surface area contributed by atoms with Gasteiger partial charge in [-0.1, -0.05) is 15.9 Å². The number of ether oxygens (including phenoxy) is 2. The molecule has 2 rings (SSSR count). The van der Waals surface area contributed by atoms with Gasteiger partial charge >= 0.3 is 0 Å². The summed E-state index contributed by atoms with van der Waals surface area (Å²) in [5.41, 5.74) is 0.371. The predicted octanol–water partition coefficient (Wildman–Crippen LogP) is 3.04. The predicted molar refractivity (Wildman–Crippen MR) is 75.7 cm³/mol. The molecule has 0 amide bonds. The van der Waals surface area contributed by atoms with Crippen LogP contribution in [0, 0.1) is 5.82 Å². The third-order valence-corrected chi connectivity index (χ3v) is 4.15. The molecule has 106 valence electrons. The minimum Gasteiger partial charge on any atom is -0.378 e. The number of halogens is 2. The second kappa shape index (κ2) is 6.31. The first-order valence-electron chi connectivity index (χ1n) is 6.37.